The third kappa shape index (κ3) is 2.84. The van der Waals surface area contributed by atoms with Crippen LogP contribution < -0.4 is 0 Å². The minimum Gasteiger partial charge on any atom is -0.393 e. The largest absolute Gasteiger partial charge is 0.393 e. The topological polar surface area (TPSA) is 72.8 Å². The van der Waals surface area contributed by atoms with Gasteiger partial charge in [-0.25, -0.2) is 0 Å². The normalized spacial score (nSPS) is 47.7. The zero-order valence-electron chi connectivity index (χ0n) is 18.5. The van der Waals surface area contributed by atoms with Crippen molar-refractivity contribution in [1.29, 1.82) is 0 Å². The minimum absolute atomic E-state index is 0.0444. The molecule has 4 aliphatic rings. The molecule has 5 heteroatoms. The third-order valence-electron chi connectivity index (χ3n) is 9.28. The van der Waals surface area contributed by atoms with Crippen molar-refractivity contribution in [2.24, 2.45) is 28.6 Å². The molecule has 3 saturated carbocycles. The van der Waals surface area contributed by atoms with E-state index in [1.54, 1.807) is 14.0 Å². The van der Waals surface area contributed by atoms with Crippen LogP contribution in [0.4, 0.5) is 0 Å². The number of fused-ring (bicyclic) bond motifs is 5. The quantitative estimate of drug-likeness (QED) is 0.721. The number of methoxy groups -OCH3 is 1. The van der Waals surface area contributed by atoms with Gasteiger partial charge in [0.15, 0.2) is 17.9 Å². The summed E-state index contributed by atoms with van der Waals surface area (Å²) in [6, 6.07) is 0. The molecule has 5 nitrogen and oxygen atoms in total. The molecule has 1 unspecified atom stereocenters. The highest BCUT2D eigenvalue weighted by molar-refractivity contribution is 5.91. The zero-order valence-corrected chi connectivity index (χ0v) is 18.5. The molecule has 0 amide bonds. The molecule has 0 heterocycles. The van der Waals surface area contributed by atoms with Crippen LogP contribution in [0.3, 0.4) is 0 Å². The summed E-state index contributed by atoms with van der Waals surface area (Å²) in [5.41, 5.74) is -0.190. The van der Waals surface area contributed by atoms with Crippen LogP contribution in [0.15, 0.2) is 11.6 Å². The van der Waals surface area contributed by atoms with Gasteiger partial charge in [0.25, 0.3) is 0 Å². The van der Waals surface area contributed by atoms with Crippen LogP contribution in [0, 0.1) is 28.6 Å². The van der Waals surface area contributed by atoms with Crippen molar-refractivity contribution in [2.75, 3.05) is 7.11 Å². The van der Waals surface area contributed by atoms with Gasteiger partial charge in [0.05, 0.1) is 6.10 Å². The Bertz CT molecular complexity index is 744. The van der Waals surface area contributed by atoms with E-state index in [-0.39, 0.29) is 22.9 Å². The Kier molecular flexibility index (Phi) is 5.12. The van der Waals surface area contributed by atoms with Gasteiger partial charge in [-0.15, -0.1) is 0 Å². The monoisotopic (exact) mass is 404 g/mol. The number of hydrogen-bond donors (Lipinski definition) is 1. The Balaban J connectivity index is 1.73. The first-order valence-electron chi connectivity index (χ1n) is 11.2. The molecule has 0 aromatic carbocycles. The molecule has 0 aromatic rings. The van der Waals surface area contributed by atoms with E-state index in [9.17, 15) is 14.7 Å². The van der Waals surface area contributed by atoms with E-state index in [0.29, 0.717) is 31.1 Å². The van der Waals surface area contributed by atoms with Gasteiger partial charge in [-0.3, -0.25) is 9.59 Å². The smallest absolute Gasteiger partial charge is 0.162 e. The van der Waals surface area contributed by atoms with Gasteiger partial charge in [-0.05, 0) is 81.6 Å². The summed E-state index contributed by atoms with van der Waals surface area (Å²) in [7, 11) is 1.60. The van der Waals surface area contributed by atoms with E-state index >= 15 is 0 Å². The van der Waals surface area contributed by atoms with E-state index in [1.807, 2.05) is 13.0 Å². The van der Waals surface area contributed by atoms with Crippen molar-refractivity contribution < 1.29 is 24.2 Å². The summed E-state index contributed by atoms with van der Waals surface area (Å²) in [5.74, 6) is 1.10. The number of hydrogen-bond acceptors (Lipinski definition) is 5. The lowest BCUT2D eigenvalue weighted by atomic mass is 9.45. The van der Waals surface area contributed by atoms with Crippen LogP contribution >= 0.6 is 0 Å². The number of aliphatic hydroxyl groups is 1. The predicted molar refractivity (Wildman–Crippen MR) is 109 cm³/mol. The second-order valence-corrected chi connectivity index (χ2v) is 10.4. The van der Waals surface area contributed by atoms with Gasteiger partial charge in [-0.2, -0.15) is 0 Å². The highest BCUT2D eigenvalue weighted by Gasteiger charge is 2.69. The van der Waals surface area contributed by atoms with Gasteiger partial charge < -0.3 is 14.6 Å². The summed E-state index contributed by atoms with van der Waals surface area (Å²) in [4.78, 5) is 25.0. The van der Waals surface area contributed by atoms with Crippen LogP contribution in [0.1, 0.15) is 72.6 Å². The minimum atomic E-state index is -0.904. The Hall–Kier alpha value is -1.04. The molecule has 1 N–H and O–H groups in total. The molecule has 4 rings (SSSR count). The highest BCUT2D eigenvalue weighted by atomic mass is 16.7. The summed E-state index contributed by atoms with van der Waals surface area (Å²) >= 11 is 0. The molecule has 4 aliphatic carbocycles. The molecule has 0 bridgehead atoms. The summed E-state index contributed by atoms with van der Waals surface area (Å²) in [6.45, 7) is 7.88. The summed E-state index contributed by atoms with van der Waals surface area (Å²) < 4.78 is 11.7. The fraction of sp³-hybridized carbons (Fsp3) is 0.833. The van der Waals surface area contributed by atoms with Crippen LogP contribution in [0.2, 0.25) is 0 Å². The average Bonchev–Trinajstić information content (AvgIpc) is 2.94. The number of Topliss-reactive ketones (excluding diaryl/α,β-unsaturated/α-hetero) is 1. The van der Waals surface area contributed by atoms with E-state index in [0.717, 1.165) is 25.7 Å². The van der Waals surface area contributed by atoms with Gasteiger partial charge in [0, 0.05) is 18.9 Å². The standard InChI is InChI=1S/C24H36O5/c1-14(25)24(29-15(2)28-5)11-9-19-18-7-6-16-12-17(26)8-10-22(16,3)21(18)20(27)13-23(19,24)4/h12,15,18-21,27H,6-11,13H2,1-5H3/t15?,18-,19-,20-,21+,22-,23-,24-/m0/s1. The van der Waals surface area contributed by atoms with Gasteiger partial charge in [0.2, 0.25) is 0 Å². The van der Waals surface area contributed by atoms with Crippen molar-refractivity contribution in [2.45, 2.75) is 90.6 Å². The first kappa shape index (κ1) is 21.2. The molecule has 3 fully saturated rings. The van der Waals surface area contributed by atoms with E-state index < -0.39 is 23.4 Å². The van der Waals surface area contributed by atoms with Gasteiger partial charge in [-0.1, -0.05) is 19.4 Å². The maximum absolute atomic E-state index is 13.0. The second kappa shape index (κ2) is 7.00. The van der Waals surface area contributed by atoms with Crippen molar-refractivity contribution in [1.82, 2.24) is 0 Å². The maximum Gasteiger partial charge on any atom is 0.162 e. The lowest BCUT2D eigenvalue weighted by Gasteiger charge is -2.61. The predicted octanol–water partition coefficient (Wildman–Crippen LogP) is 3.83. The lowest BCUT2D eigenvalue weighted by Crippen LogP contribution is -2.62. The molecule has 0 spiro atoms. The van der Waals surface area contributed by atoms with Crippen molar-refractivity contribution in [3.63, 3.8) is 0 Å². The molecular formula is C24H36O5. The Morgan fingerprint density at radius 2 is 1.97 bits per heavy atom. The number of carbonyl (C=O) groups excluding carboxylic acids is 2. The molecular weight excluding hydrogens is 368 g/mol. The number of carbonyl (C=O) groups is 2. The molecule has 0 radical (unpaired) electrons. The van der Waals surface area contributed by atoms with Gasteiger partial charge >= 0.3 is 0 Å². The molecule has 29 heavy (non-hydrogen) atoms. The van der Waals surface area contributed by atoms with Crippen LogP contribution in [-0.2, 0) is 19.1 Å². The summed E-state index contributed by atoms with van der Waals surface area (Å²) in [6.07, 6.45) is 6.38. The van der Waals surface area contributed by atoms with E-state index in [2.05, 4.69) is 13.8 Å². The Morgan fingerprint density at radius 3 is 2.62 bits per heavy atom. The number of ketones is 2. The van der Waals surface area contributed by atoms with E-state index in [1.165, 1.54) is 5.57 Å². The molecule has 8 atom stereocenters. The Labute approximate surface area is 174 Å². The van der Waals surface area contributed by atoms with E-state index in [4.69, 9.17) is 9.47 Å². The average molecular weight is 405 g/mol. The van der Waals surface area contributed by atoms with Crippen LogP contribution in [-0.4, -0.2) is 41.8 Å². The first-order valence-corrected chi connectivity index (χ1v) is 11.2. The fourth-order valence-corrected chi connectivity index (χ4v) is 7.86. The lowest BCUT2D eigenvalue weighted by molar-refractivity contribution is -0.241. The summed E-state index contributed by atoms with van der Waals surface area (Å²) in [5, 5.41) is 11.5. The molecule has 0 saturated heterocycles. The maximum atomic E-state index is 13.0. The van der Waals surface area contributed by atoms with Crippen molar-refractivity contribution in [3.8, 4) is 0 Å². The SMILES string of the molecule is COC(C)O[C@]1(C(C)=O)CC[C@H]2[C@@H]3CCC4=CC(=O)CC[C@]4(C)[C@H]3[C@@H](O)C[C@@]21C. The first-order chi connectivity index (χ1) is 13.6. The number of ether oxygens (including phenoxy) is 2. The number of aliphatic hydroxyl groups excluding tert-OH is 1. The number of rotatable bonds is 4. The number of allylic oxidation sites excluding steroid dienone is 1. The van der Waals surface area contributed by atoms with Gasteiger partial charge in [0.1, 0.15) is 5.60 Å². The molecule has 0 aromatic heterocycles. The van der Waals surface area contributed by atoms with Crippen LogP contribution in [0.5, 0.6) is 0 Å². The third-order valence-corrected chi connectivity index (χ3v) is 9.28. The van der Waals surface area contributed by atoms with Crippen LogP contribution in [0.25, 0.3) is 0 Å². The molecule has 0 aliphatic heterocycles. The Morgan fingerprint density at radius 1 is 1.24 bits per heavy atom. The van der Waals surface area contributed by atoms with Crippen molar-refractivity contribution in [3.05, 3.63) is 11.6 Å². The molecule has 162 valence electrons. The fourth-order valence-electron chi connectivity index (χ4n) is 7.86. The zero-order chi connectivity index (χ0) is 21.2. The highest BCUT2D eigenvalue weighted by Crippen LogP contribution is 2.68. The second-order valence-electron chi connectivity index (χ2n) is 10.4. The van der Waals surface area contributed by atoms with Crippen molar-refractivity contribution >= 4 is 11.6 Å².